The van der Waals surface area contributed by atoms with E-state index in [1.807, 2.05) is 0 Å². The Balaban J connectivity index is 2.22. The summed E-state index contributed by atoms with van der Waals surface area (Å²) in [6, 6.07) is 8.72. The number of nitrogens with zero attached hydrogens (tertiary/aromatic N) is 1. The number of carbonyl (C=O) groups excluding carboxylic acids is 1. The minimum atomic E-state index is -4.64. The van der Waals surface area contributed by atoms with Gasteiger partial charge in [-0.15, -0.1) is 0 Å². The fourth-order valence-electron chi connectivity index (χ4n) is 2.41. The normalized spacial score (nSPS) is 11.9. The number of benzene rings is 2. The monoisotopic (exact) mass is 420 g/mol. The second-order valence-electron chi connectivity index (χ2n) is 5.62. The number of anilines is 2. The van der Waals surface area contributed by atoms with E-state index in [0.717, 1.165) is 22.7 Å². The summed E-state index contributed by atoms with van der Waals surface area (Å²) < 4.78 is 63.2. The largest absolute Gasteiger partial charge is 0.417 e. The van der Waals surface area contributed by atoms with Crippen LogP contribution in [0.3, 0.4) is 0 Å². The predicted molar refractivity (Wildman–Crippen MR) is 98.7 cm³/mol. The lowest BCUT2D eigenvalue weighted by Gasteiger charge is -2.20. The van der Waals surface area contributed by atoms with Crippen LogP contribution in [0.5, 0.6) is 0 Å². The number of hydrogen-bond acceptors (Lipinski definition) is 3. The average molecular weight is 421 g/mol. The second-order valence-corrected chi connectivity index (χ2v) is 7.94. The van der Waals surface area contributed by atoms with Crippen molar-refractivity contribution >= 4 is 38.9 Å². The van der Waals surface area contributed by atoms with Crippen molar-refractivity contribution in [2.75, 3.05) is 22.4 Å². The summed E-state index contributed by atoms with van der Waals surface area (Å²) in [6.45, 7) is 1.88. The molecule has 0 aliphatic rings. The third kappa shape index (κ3) is 5.14. The third-order valence-corrected chi connectivity index (χ3v) is 5.23. The highest BCUT2D eigenvalue weighted by Crippen LogP contribution is 2.36. The van der Waals surface area contributed by atoms with Crippen LogP contribution in [0, 0.1) is 0 Å². The van der Waals surface area contributed by atoms with Crippen molar-refractivity contribution in [2.24, 2.45) is 0 Å². The zero-order chi connectivity index (χ0) is 20.4. The third-order valence-electron chi connectivity index (χ3n) is 3.63. The minimum absolute atomic E-state index is 0.0628. The highest BCUT2D eigenvalue weighted by Gasteiger charge is 2.33. The molecule has 0 saturated carbocycles. The topological polar surface area (TPSA) is 66.5 Å². The molecule has 0 bridgehead atoms. The Morgan fingerprint density at radius 1 is 1.15 bits per heavy atom. The fraction of sp³-hybridized carbons (Fsp3) is 0.235. The maximum atomic E-state index is 12.9. The number of halogens is 4. The number of alkyl halides is 3. The first kappa shape index (κ1) is 21.0. The summed E-state index contributed by atoms with van der Waals surface area (Å²) in [6.07, 6.45) is -3.58. The molecule has 2 aromatic carbocycles. The highest BCUT2D eigenvalue weighted by molar-refractivity contribution is 7.92. The van der Waals surface area contributed by atoms with Gasteiger partial charge >= 0.3 is 6.18 Å². The first-order valence-electron chi connectivity index (χ1n) is 7.69. The van der Waals surface area contributed by atoms with E-state index in [1.165, 1.54) is 30.3 Å². The van der Waals surface area contributed by atoms with E-state index in [-0.39, 0.29) is 17.8 Å². The lowest BCUT2D eigenvalue weighted by Crippen LogP contribution is -2.29. The molecule has 146 valence electrons. The van der Waals surface area contributed by atoms with Crippen LogP contribution in [0.1, 0.15) is 22.8 Å². The van der Waals surface area contributed by atoms with Gasteiger partial charge in [0, 0.05) is 17.8 Å². The molecule has 27 heavy (non-hydrogen) atoms. The van der Waals surface area contributed by atoms with Crippen molar-refractivity contribution in [3.05, 3.63) is 58.6 Å². The molecule has 5 nitrogen and oxygen atoms in total. The van der Waals surface area contributed by atoms with Crippen molar-refractivity contribution in [3.8, 4) is 0 Å². The molecular weight excluding hydrogens is 405 g/mol. The quantitative estimate of drug-likeness (QED) is 0.779. The lowest BCUT2D eigenvalue weighted by atomic mass is 10.1. The maximum absolute atomic E-state index is 12.9. The molecular formula is C17H16ClF3N2O3S. The number of rotatable bonds is 5. The molecule has 0 atom stereocenters. The Bertz CT molecular complexity index is 945. The van der Waals surface area contributed by atoms with Gasteiger partial charge in [0.2, 0.25) is 10.0 Å². The molecule has 0 aromatic heterocycles. The Morgan fingerprint density at radius 2 is 1.74 bits per heavy atom. The number of sulfonamides is 1. The number of nitrogens with one attached hydrogen (secondary N) is 1. The van der Waals surface area contributed by atoms with Gasteiger partial charge in [-0.25, -0.2) is 8.42 Å². The fourth-order valence-corrected chi connectivity index (χ4v) is 3.61. The summed E-state index contributed by atoms with van der Waals surface area (Å²) in [7, 11) is -3.46. The van der Waals surface area contributed by atoms with E-state index >= 15 is 0 Å². The molecule has 0 unspecified atom stereocenters. The van der Waals surface area contributed by atoms with Crippen molar-refractivity contribution in [1.82, 2.24) is 0 Å². The molecule has 0 spiro atoms. The van der Waals surface area contributed by atoms with Gasteiger partial charge in [0.05, 0.1) is 22.5 Å². The van der Waals surface area contributed by atoms with Crippen molar-refractivity contribution in [2.45, 2.75) is 13.1 Å². The Kier molecular flexibility index (Phi) is 6.06. The van der Waals surface area contributed by atoms with Crippen LogP contribution in [-0.4, -0.2) is 27.1 Å². The van der Waals surface area contributed by atoms with E-state index in [9.17, 15) is 26.4 Å². The van der Waals surface area contributed by atoms with Gasteiger partial charge in [0.1, 0.15) is 0 Å². The minimum Gasteiger partial charge on any atom is -0.322 e. The van der Waals surface area contributed by atoms with Gasteiger partial charge < -0.3 is 5.32 Å². The summed E-state index contributed by atoms with van der Waals surface area (Å²) in [5.74, 6) is -0.639. The molecule has 10 heteroatoms. The molecule has 1 N–H and O–H groups in total. The number of hydrogen-bond donors (Lipinski definition) is 1. The molecule has 0 aliphatic carbocycles. The molecule has 2 rings (SSSR count). The Morgan fingerprint density at radius 3 is 2.22 bits per heavy atom. The van der Waals surface area contributed by atoms with Crippen LogP contribution in [0.15, 0.2) is 42.5 Å². The van der Waals surface area contributed by atoms with E-state index in [4.69, 9.17) is 11.6 Å². The van der Waals surface area contributed by atoms with Gasteiger partial charge in [-0.1, -0.05) is 11.6 Å². The van der Waals surface area contributed by atoms with E-state index in [0.29, 0.717) is 5.69 Å². The van der Waals surface area contributed by atoms with Crippen LogP contribution in [0.4, 0.5) is 24.5 Å². The number of amides is 1. The molecule has 1 amide bonds. The smallest absolute Gasteiger partial charge is 0.322 e. The molecule has 0 heterocycles. The van der Waals surface area contributed by atoms with Crippen molar-refractivity contribution in [3.63, 3.8) is 0 Å². The molecule has 0 radical (unpaired) electrons. The standard InChI is InChI=1S/C17H16ClF3N2O3S/c1-3-23(27(2,25)26)13-7-4-11(5-8-13)16(24)22-12-6-9-15(18)14(10-12)17(19,20)21/h4-10H,3H2,1-2H3,(H,22,24). The first-order chi connectivity index (χ1) is 12.4. The predicted octanol–water partition coefficient (Wildman–Crippen LogP) is 4.40. The van der Waals surface area contributed by atoms with E-state index in [2.05, 4.69) is 5.32 Å². The van der Waals surface area contributed by atoms with Crippen LogP contribution < -0.4 is 9.62 Å². The average Bonchev–Trinajstić information content (AvgIpc) is 2.55. The van der Waals surface area contributed by atoms with Gasteiger partial charge in [0.25, 0.3) is 5.91 Å². The summed E-state index contributed by atoms with van der Waals surface area (Å²) in [5, 5.41) is 1.89. The molecule has 0 aliphatic heterocycles. The van der Waals surface area contributed by atoms with Gasteiger partial charge in [-0.3, -0.25) is 9.10 Å². The van der Waals surface area contributed by atoms with Gasteiger partial charge in [0.15, 0.2) is 0 Å². The SMILES string of the molecule is CCN(c1ccc(C(=O)Nc2ccc(Cl)c(C(F)(F)F)c2)cc1)S(C)(=O)=O. The highest BCUT2D eigenvalue weighted by atomic mass is 35.5. The molecule has 0 saturated heterocycles. The summed E-state index contributed by atoms with van der Waals surface area (Å²) in [5.41, 5.74) is -0.578. The van der Waals surface area contributed by atoms with Crippen molar-refractivity contribution in [1.29, 1.82) is 0 Å². The van der Waals surface area contributed by atoms with Crippen molar-refractivity contribution < 1.29 is 26.4 Å². The van der Waals surface area contributed by atoms with Crippen LogP contribution >= 0.6 is 11.6 Å². The summed E-state index contributed by atoms with van der Waals surface area (Å²) >= 11 is 5.55. The van der Waals surface area contributed by atoms with Gasteiger partial charge in [-0.2, -0.15) is 13.2 Å². The zero-order valence-electron chi connectivity index (χ0n) is 14.3. The van der Waals surface area contributed by atoms with Gasteiger partial charge in [-0.05, 0) is 49.4 Å². The second kappa shape index (κ2) is 7.77. The molecule has 2 aromatic rings. The zero-order valence-corrected chi connectivity index (χ0v) is 15.9. The first-order valence-corrected chi connectivity index (χ1v) is 9.92. The van der Waals surface area contributed by atoms with E-state index < -0.39 is 32.7 Å². The Hall–Kier alpha value is -2.26. The molecule has 0 fully saturated rings. The number of carbonyl (C=O) groups is 1. The van der Waals surface area contributed by atoms with Crippen LogP contribution in [0.2, 0.25) is 5.02 Å². The Labute approximate surface area is 159 Å². The lowest BCUT2D eigenvalue weighted by molar-refractivity contribution is -0.137. The van der Waals surface area contributed by atoms with Crippen LogP contribution in [-0.2, 0) is 16.2 Å². The summed E-state index contributed by atoms with van der Waals surface area (Å²) in [4.78, 5) is 12.3. The van der Waals surface area contributed by atoms with E-state index in [1.54, 1.807) is 6.92 Å². The maximum Gasteiger partial charge on any atom is 0.417 e. The van der Waals surface area contributed by atoms with Crippen LogP contribution in [0.25, 0.3) is 0 Å².